The molecular formula is C15H20N2O6S. The van der Waals surface area contributed by atoms with E-state index in [9.17, 15) is 28.4 Å². The number of hydrogen-bond donors (Lipinski definition) is 1. The quantitative estimate of drug-likeness (QED) is 0.652. The fraction of sp³-hybridized carbons (Fsp3) is 0.533. The Labute approximate surface area is 140 Å². The summed E-state index contributed by atoms with van der Waals surface area (Å²) in [4.78, 5) is 21.6. The van der Waals surface area contributed by atoms with Crippen molar-refractivity contribution in [2.75, 3.05) is 6.54 Å². The maximum absolute atomic E-state index is 13.0. The van der Waals surface area contributed by atoms with Gasteiger partial charge in [-0.2, -0.15) is 4.31 Å². The maximum Gasteiger partial charge on any atom is 0.307 e. The lowest BCUT2D eigenvalue weighted by molar-refractivity contribution is -0.385. The Morgan fingerprint density at radius 2 is 1.92 bits per heavy atom. The zero-order valence-electron chi connectivity index (χ0n) is 13.7. The molecule has 0 bridgehead atoms. The van der Waals surface area contributed by atoms with Crippen LogP contribution in [0.2, 0.25) is 0 Å². The number of rotatable bonds is 4. The zero-order valence-corrected chi connectivity index (χ0v) is 14.5. The van der Waals surface area contributed by atoms with Crippen molar-refractivity contribution in [1.82, 2.24) is 4.31 Å². The summed E-state index contributed by atoms with van der Waals surface area (Å²) in [6.45, 7) is 4.64. The summed E-state index contributed by atoms with van der Waals surface area (Å²) in [6.07, 6.45) is 0.891. The number of aliphatic carboxylic acids is 1. The number of hydrogen-bond acceptors (Lipinski definition) is 5. The number of nitro groups is 1. The molecule has 0 aromatic heterocycles. The van der Waals surface area contributed by atoms with Gasteiger partial charge in [0.05, 0.1) is 15.7 Å². The van der Waals surface area contributed by atoms with E-state index < -0.39 is 26.8 Å². The first-order valence-corrected chi connectivity index (χ1v) is 9.00. The Morgan fingerprint density at radius 1 is 1.29 bits per heavy atom. The van der Waals surface area contributed by atoms with E-state index in [1.807, 2.05) is 0 Å². The molecule has 1 aromatic carbocycles. The first kappa shape index (κ1) is 18.3. The molecule has 1 aliphatic rings. The summed E-state index contributed by atoms with van der Waals surface area (Å²) in [5.41, 5.74) is 0.391. The number of piperidine rings is 1. The van der Waals surface area contributed by atoms with Crippen LogP contribution in [0.15, 0.2) is 17.0 Å². The molecule has 1 fully saturated rings. The lowest BCUT2D eigenvalue weighted by Crippen LogP contribution is -2.47. The topological polar surface area (TPSA) is 118 Å². The molecule has 0 aliphatic carbocycles. The lowest BCUT2D eigenvalue weighted by Gasteiger charge is -2.35. The summed E-state index contributed by atoms with van der Waals surface area (Å²) in [6, 6.07) is 2.21. The highest BCUT2D eigenvalue weighted by Gasteiger charge is 2.38. The van der Waals surface area contributed by atoms with E-state index in [2.05, 4.69) is 0 Å². The highest BCUT2D eigenvalue weighted by atomic mass is 32.2. The van der Waals surface area contributed by atoms with E-state index in [0.29, 0.717) is 12.8 Å². The average molecular weight is 356 g/mol. The number of aryl methyl sites for hydroxylation is 2. The highest BCUT2D eigenvalue weighted by molar-refractivity contribution is 7.89. The third-order valence-electron chi connectivity index (χ3n) is 4.45. The van der Waals surface area contributed by atoms with Crippen LogP contribution in [0.1, 0.15) is 30.9 Å². The normalized spacial score (nSPS) is 22.3. The van der Waals surface area contributed by atoms with Gasteiger partial charge in [-0.1, -0.05) is 0 Å². The Balaban J connectivity index is 2.48. The fourth-order valence-corrected chi connectivity index (χ4v) is 4.99. The highest BCUT2D eigenvalue weighted by Crippen LogP contribution is 2.32. The molecule has 1 heterocycles. The average Bonchev–Trinajstić information content (AvgIpc) is 2.48. The van der Waals surface area contributed by atoms with Gasteiger partial charge in [-0.15, -0.1) is 0 Å². The van der Waals surface area contributed by atoms with Gasteiger partial charge in [-0.25, -0.2) is 8.42 Å². The molecule has 0 spiro atoms. The lowest BCUT2D eigenvalue weighted by atomic mass is 9.96. The summed E-state index contributed by atoms with van der Waals surface area (Å²) in [5.74, 6) is -1.76. The second kappa shape index (κ2) is 6.48. The molecule has 0 saturated carbocycles. The van der Waals surface area contributed by atoms with Gasteiger partial charge in [0, 0.05) is 24.2 Å². The molecule has 8 nitrogen and oxygen atoms in total. The number of carbonyl (C=O) groups is 1. The summed E-state index contributed by atoms with van der Waals surface area (Å²) in [5, 5.41) is 20.2. The number of nitrogens with zero attached hydrogens (tertiary/aromatic N) is 2. The molecule has 0 radical (unpaired) electrons. The van der Waals surface area contributed by atoms with E-state index in [1.54, 1.807) is 6.92 Å². The minimum atomic E-state index is -3.93. The minimum absolute atomic E-state index is 0.0107. The van der Waals surface area contributed by atoms with Crippen molar-refractivity contribution in [3.63, 3.8) is 0 Å². The van der Waals surface area contributed by atoms with E-state index in [1.165, 1.54) is 30.3 Å². The van der Waals surface area contributed by atoms with Gasteiger partial charge in [0.1, 0.15) is 0 Å². The van der Waals surface area contributed by atoms with Crippen molar-refractivity contribution >= 4 is 21.7 Å². The molecule has 2 rings (SSSR count). The molecule has 2 unspecified atom stereocenters. The Kier molecular flexibility index (Phi) is 4.95. The van der Waals surface area contributed by atoms with E-state index in [4.69, 9.17) is 0 Å². The van der Waals surface area contributed by atoms with Gasteiger partial charge in [-0.05, 0) is 45.2 Å². The summed E-state index contributed by atoms with van der Waals surface area (Å²) >= 11 is 0. The van der Waals surface area contributed by atoms with Crippen LogP contribution in [0, 0.1) is 29.9 Å². The predicted molar refractivity (Wildman–Crippen MR) is 86.3 cm³/mol. The molecule has 1 aromatic rings. The first-order valence-electron chi connectivity index (χ1n) is 7.56. The van der Waals surface area contributed by atoms with Gasteiger partial charge >= 0.3 is 5.97 Å². The Bertz CT molecular complexity index is 789. The van der Waals surface area contributed by atoms with Crippen molar-refractivity contribution in [3.05, 3.63) is 33.4 Å². The second-order valence-corrected chi connectivity index (χ2v) is 8.06. The third-order valence-corrected chi connectivity index (χ3v) is 6.57. The van der Waals surface area contributed by atoms with Gasteiger partial charge < -0.3 is 5.11 Å². The van der Waals surface area contributed by atoms with Crippen LogP contribution in [0.4, 0.5) is 5.69 Å². The second-order valence-electron chi connectivity index (χ2n) is 6.20. The van der Waals surface area contributed by atoms with Crippen molar-refractivity contribution in [3.8, 4) is 0 Å². The van der Waals surface area contributed by atoms with Crippen LogP contribution in [0.25, 0.3) is 0 Å². The number of carboxylic acids is 1. The Hall–Kier alpha value is -2.00. The third kappa shape index (κ3) is 3.27. The number of carboxylic acid groups (broad SMARTS) is 1. The first-order chi connectivity index (χ1) is 11.1. The Morgan fingerprint density at radius 3 is 2.46 bits per heavy atom. The molecule has 1 aliphatic heterocycles. The largest absolute Gasteiger partial charge is 0.481 e. The molecule has 2 atom stereocenters. The van der Waals surface area contributed by atoms with E-state index in [0.717, 1.165) is 0 Å². The number of nitro benzene ring substituents is 1. The van der Waals surface area contributed by atoms with E-state index >= 15 is 0 Å². The smallest absolute Gasteiger partial charge is 0.307 e. The minimum Gasteiger partial charge on any atom is -0.481 e. The SMILES string of the molecule is Cc1cc(S(=O)(=O)N2CC(C(=O)O)CCC2C)c(C)cc1[N+](=O)[O-]. The standard InChI is InChI=1S/C15H20N2O6S/c1-9-7-14(10(2)6-13(9)17(20)21)24(22,23)16-8-12(15(18)19)5-4-11(16)3/h6-7,11-12H,4-5,8H2,1-3H3,(H,18,19). The van der Waals surface area contributed by atoms with Crippen LogP contribution in [0.3, 0.4) is 0 Å². The van der Waals surface area contributed by atoms with Crippen molar-refractivity contribution in [2.24, 2.45) is 5.92 Å². The maximum atomic E-state index is 13.0. The van der Waals surface area contributed by atoms with Gasteiger partial charge in [0.2, 0.25) is 10.0 Å². The van der Waals surface area contributed by atoms with Crippen molar-refractivity contribution < 1.29 is 23.2 Å². The van der Waals surface area contributed by atoms with Crippen LogP contribution in [-0.2, 0) is 14.8 Å². The summed E-state index contributed by atoms with van der Waals surface area (Å²) in [7, 11) is -3.93. The van der Waals surface area contributed by atoms with Crippen LogP contribution in [-0.4, -0.2) is 41.3 Å². The molecule has 1 saturated heterocycles. The predicted octanol–water partition coefficient (Wildman–Crippen LogP) is 2.09. The molecular weight excluding hydrogens is 336 g/mol. The molecule has 24 heavy (non-hydrogen) atoms. The number of sulfonamides is 1. The van der Waals surface area contributed by atoms with Gasteiger partial charge in [0.25, 0.3) is 5.69 Å². The van der Waals surface area contributed by atoms with Crippen molar-refractivity contribution in [1.29, 1.82) is 0 Å². The van der Waals surface area contributed by atoms with Crippen molar-refractivity contribution in [2.45, 2.75) is 44.6 Å². The molecule has 1 N–H and O–H groups in total. The van der Waals surface area contributed by atoms with Crippen LogP contribution < -0.4 is 0 Å². The molecule has 0 amide bonds. The van der Waals surface area contributed by atoms with Gasteiger partial charge in [-0.3, -0.25) is 14.9 Å². The van der Waals surface area contributed by atoms with Crippen LogP contribution in [0.5, 0.6) is 0 Å². The zero-order chi connectivity index (χ0) is 18.2. The summed E-state index contributed by atoms with van der Waals surface area (Å²) < 4.78 is 27.2. The fourth-order valence-electron chi connectivity index (χ4n) is 2.99. The van der Waals surface area contributed by atoms with E-state index in [-0.39, 0.29) is 34.3 Å². The van der Waals surface area contributed by atoms with Crippen LogP contribution >= 0.6 is 0 Å². The molecule has 9 heteroatoms. The molecule has 132 valence electrons. The number of benzene rings is 1. The monoisotopic (exact) mass is 356 g/mol. The van der Waals surface area contributed by atoms with Gasteiger partial charge in [0.15, 0.2) is 0 Å².